The summed E-state index contributed by atoms with van der Waals surface area (Å²) in [6.07, 6.45) is 1.54. The molecule has 0 fully saturated rings. The first-order chi connectivity index (χ1) is 14.2. The lowest BCUT2D eigenvalue weighted by molar-refractivity contribution is -0.116. The molecule has 3 rings (SSSR count). The Labute approximate surface area is 170 Å². The van der Waals surface area contributed by atoms with Crippen LogP contribution in [-0.4, -0.2) is 12.5 Å². The van der Waals surface area contributed by atoms with Gasteiger partial charge in [0, 0.05) is 30.7 Å². The molecule has 0 bridgehead atoms. The van der Waals surface area contributed by atoms with Crippen molar-refractivity contribution in [2.75, 3.05) is 17.2 Å². The summed E-state index contributed by atoms with van der Waals surface area (Å²) in [5.74, 6) is -3.17. The molecule has 158 valence electrons. The lowest BCUT2D eigenvalue weighted by Gasteiger charge is -2.22. The molecule has 1 aromatic heterocycles. The third-order valence-corrected chi connectivity index (χ3v) is 4.95. The minimum atomic E-state index is -1.05. The molecular formula is C22H21F3N2O3. The molecule has 0 saturated carbocycles. The first-order valence-electron chi connectivity index (χ1n) is 9.46. The second-order valence-electron chi connectivity index (χ2n) is 7.04. The summed E-state index contributed by atoms with van der Waals surface area (Å²) in [4.78, 5) is 25.7. The van der Waals surface area contributed by atoms with Crippen LogP contribution in [0.4, 0.5) is 24.5 Å². The number of nitrogens with zero attached hydrogens (tertiary/aromatic N) is 1. The number of nitrogens with two attached hydrogens (primary N) is 1. The molecule has 0 spiro atoms. The molecule has 0 aliphatic rings. The Bertz CT molecular complexity index is 1200. The average molecular weight is 418 g/mol. The fourth-order valence-corrected chi connectivity index (χ4v) is 3.27. The summed E-state index contributed by atoms with van der Waals surface area (Å²) >= 11 is 0. The molecule has 5 nitrogen and oxygen atoms in total. The van der Waals surface area contributed by atoms with E-state index in [1.54, 1.807) is 0 Å². The summed E-state index contributed by atoms with van der Waals surface area (Å²) in [7, 11) is 0. The van der Waals surface area contributed by atoms with Crippen LogP contribution < -0.4 is 16.1 Å². The van der Waals surface area contributed by atoms with Crippen LogP contribution in [0.3, 0.4) is 0 Å². The molecule has 0 unspecified atom stereocenters. The zero-order valence-electron chi connectivity index (χ0n) is 16.8. The number of hydrogen-bond donors (Lipinski definition) is 1. The zero-order valence-corrected chi connectivity index (χ0v) is 16.8. The largest absolute Gasteiger partial charge is 0.453 e. The Morgan fingerprint density at radius 1 is 1.17 bits per heavy atom. The number of carbonyl (C=O) groups excluding carboxylic acids is 1. The second-order valence-corrected chi connectivity index (χ2v) is 7.04. The number of benzene rings is 2. The van der Waals surface area contributed by atoms with E-state index in [-0.39, 0.29) is 28.5 Å². The molecule has 0 saturated heterocycles. The first-order valence-corrected chi connectivity index (χ1v) is 9.46. The molecule has 2 N–H and O–H groups in total. The Hall–Kier alpha value is -3.29. The van der Waals surface area contributed by atoms with E-state index < -0.39 is 39.5 Å². The van der Waals surface area contributed by atoms with E-state index in [2.05, 4.69) is 0 Å². The number of unbranched alkanes of at least 4 members (excludes halogenated alkanes) is 1. The fourth-order valence-electron chi connectivity index (χ4n) is 3.27. The highest BCUT2D eigenvalue weighted by Crippen LogP contribution is 2.32. The third kappa shape index (κ3) is 3.65. The number of fused-ring (bicyclic) bond motifs is 1. The first kappa shape index (κ1) is 21.4. The lowest BCUT2D eigenvalue weighted by atomic mass is 10.1. The van der Waals surface area contributed by atoms with Gasteiger partial charge in [0.25, 0.3) is 0 Å². The topological polar surface area (TPSA) is 76.5 Å². The molecule has 0 aliphatic carbocycles. The predicted octanol–water partition coefficient (Wildman–Crippen LogP) is 4.92. The van der Waals surface area contributed by atoms with E-state index in [0.29, 0.717) is 13.0 Å². The SMILES string of the molecule is CCCCN(C(C)=O)c1ccc(-c2cc(=O)c3c(N)c(F)c(C)c(F)c3o2)cc1F. The number of amides is 1. The van der Waals surface area contributed by atoms with Crippen molar-refractivity contribution in [3.05, 3.63) is 57.5 Å². The van der Waals surface area contributed by atoms with Crippen LogP contribution in [0, 0.1) is 24.4 Å². The van der Waals surface area contributed by atoms with Crippen molar-refractivity contribution >= 4 is 28.3 Å². The van der Waals surface area contributed by atoms with Gasteiger partial charge in [-0.1, -0.05) is 13.3 Å². The van der Waals surface area contributed by atoms with Crippen LogP contribution in [0.1, 0.15) is 32.3 Å². The van der Waals surface area contributed by atoms with Gasteiger partial charge in [0.15, 0.2) is 22.6 Å². The van der Waals surface area contributed by atoms with Crippen LogP contribution >= 0.6 is 0 Å². The Balaban J connectivity index is 2.14. The number of halogens is 3. The van der Waals surface area contributed by atoms with Crippen LogP contribution in [0.15, 0.2) is 33.5 Å². The molecule has 1 heterocycles. The van der Waals surface area contributed by atoms with Gasteiger partial charge >= 0.3 is 0 Å². The quantitative estimate of drug-likeness (QED) is 0.597. The molecule has 2 aromatic carbocycles. The van der Waals surface area contributed by atoms with Gasteiger partial charge in [0.1, 0.15) is 11.6 Å². The maximum Gasteiger partial charge on any atom is 0.223 e. The van der Waals surface area contributed by atoms with Crippen molar-refractivity contribution in [1.29, 1.82) is 0 Å². The summed E-state index contributed by atoms with van der Waals surface area (Å²) in [5.41, 5.74) is 3.75. The van der Waals surface area contributed by atoms with Gasteiger partial charge in [-0.05, 0) is 31.5 Å². The van der Waals surface area contributed by atoms with E-state index in [1.807, 2.05) is 6.92 Å². The molecule has 1 amide bonds. The van der Waals surface area contributed by atoms with Crippen molar-refractivity contribution in [3.63, 3.8) is 0 Å². The molecule has 8 heteroatoms. The highest BCUT2D eigenvalue weighted by atomic mass is 19.1. The summed E-state index contributed by atoms with van der Waals surface area (Å²) in [6, 6.07) is 4.95. The van der Waals surface area contributed by atoms with Crippen molar-refractivity contribution in [2.24, 2.45) is 0 Å². The van der Waals surface area contributed by atoms with E-state index in [0.717, 1.165) is 18.6 Å². The van der Waals surface area contributed by atoms with Crippen molar-refractivity contribution in [2.45, 2.75) is 33.6 Å². The van der Waals surface area contributed by atoms with Gasteiger partial charge in [-0.3, -0.25) is 9.59 Å². The van der Waals surface area contributed by atoms with E-state index in [1.165, 1.54) is 30.9 Å². The molecule has 0 aliphatic heterocycles. The summed E-state index contributed by atoms with van der Waals surface area (Å²) in [5, 5.41) is -0.404. The van der Waals surface area contributed by atoms with Gasteiger partial charge in [0.05, 0.1) is 16.8 Å². The van der Waals surface area contributed by atoms with Crippen LogP contribution in [0.2, 0.25) is 0 Å². The van der Waals surface area contributed by atoms with E-state index in [4.69, 9.17) is 10.2 Å². The Kier molecular flexibility index (Phi) is 5.87. The van der Waals surface area contributed by atoms with Gasteiger partial charge < -0.3 is 15.1 Å². The maximum atomic E-state index is 14.8. The van der Waals surface area contributed by atoms with Gasteiger partial charge in [-0.25, -0.2) is 13.2 Å². The van der Waals surface area contributed by atoms with Crippen LogP contribution in [0.5, 0.6) is 0 Å². The van der Waals surface area contributed by atoms with Gasteiger partial charge in [0.2, 0.25) is 5.91 Å². The normalized spacial score (nSPS) is 11.1. The molecule has 30 heavy (non-hydrogen) atoms. The zero-order chi connectivity index (χ0) is 22.2. The van der Waals surface area contributed by atoms with E-state index in [9.17, 15) is 22.8 Å². The number of rotatable bonds is 5. The maximum absolute atomic E-state index is 14.8. The predicted molar refractivity (Wildman–Crippen MR) is 110 cm³/mol. The number of nitrogen functional groups attached to an aromatic ring is 1. The molecule has 0 atom stereocenters. The van der Waals surface area contributed by atoms with Crippen LogP contribution in [-0.2, 0) is 4.79 Å². The third-order valence-electron chi connectivity index (χ3n) is 4.95. The molecule has 3 aromatic rings. The smallest absolute Gasteiger partial charge is 0.223 e. The van der Waals surface area contributed by atoms with Gasteiger partial charge in [-0.2, -0.15) is 0 Å². The summed E-state index contributed by atoms with van der Waals surface area (Å²) in [6.45, 7) is 4.84. The number of anilines is 2. The van der Waals surface area contributed by atoms with Crippen molar-refractivity contribution in [3.8, 4) is 11.3 Å². The molecule has 0 radical (unpaired) electrons. The Morgan fingerprint density at radius 2 is 1.87 bits per heavy atom. The highest BCUT2D eigenvalue weighted by molar-refractivity contribution is 5.93. The summed E-state index contributed by atoms with van der Waals surface area (Å²) < 4.78 is 48.8. The minimum Gasteiger partial charge on any atom is -0.453 e. The monoisotopic (exact) mass is 418 g/mol. The minimum absolute atomic E-state index is 0.0937. The van der Waals surface area contributed by atoms with Gasteiger partial charge in [-0.15, -0.1) is 0 Å². The Morgan fingerprint density at radius 3 is 2.47 bits per heavy atom. The number of carbonyl (C=O) groups is 1. The molecular weight excluding hydrogens is 397 g/mol. The van der Waals surface area contributed by atoms with Crippen molar-refractivity contribution in [1.82, 2.24) is 0 Å². The lowest BCUT2D eigenvalue weighted by Crippen LogP contribution is -2.30. The standard InChI is InChI=1S/C22H21F3N2O3/c1-4-5-8-27(12(3)28)15-7-6-13(9-14(15)23)17-10-16(29)18-21(26)19(24)11(2)20(25)22(18)30-17/h6-7,9-10H,4-5,8,26H2,1-3H3. The number of hydrogen-bond acceptors (Lipinski definition) is 4. The fraction of sp³-hybridized carbons (Fsp3) is 0.273. The van der Waals surface area contributed by atoms with Crippen LogP contribution in [0.25, 0.3) is 22.3 Å². The van der Waals surface area contributed by atoms with Crippen molar-refractivity contribution < 1.29 is 22.4 Å². The second kappa shape index (κ2) is 8.22. The van der Waals surface area contributed by atoms with E-state index >= 15 is 0 Å². The highest BCUT2D eigenvalue weighted by Gasteiger charge is 2.22. The average Bonchev–Trinajstić information content (AvgIpc) is 2.71.